The molecule has 7 heteroatoms. The maximum atomic E-state index is 11.8. The Kier molecular flexibility index (Phi) is 5.81. The second kappa shape index (κ2) is 6.65. The molecule has 17 heavy (non-hydrogen) atoms. The molecule has 102 valence electrons. The summed E-state index contributed by atoms with van der Waals surface area (Å²) >= 11 is 0. The maximum absolute atomic E-state index is 11.8. The Morgan fingerprint density at radius 3 is 2.35 bits per heavy atom. The van der Waals surface area contributed by atoms with Gasteiger partial charge in [-0.25, -0.2) is 8.42 Å². The van der Waals surface area contributed by atoms with Crippen LogP contribution in [0.15, 0.2) is 0 Å². The molecular weight excluding hydrogens is 242 g/mol. The van der Waals surface area contributed by atoms with E-state index in [0.717, 1.165) is 0 Å². The number of rotatable bonds is 6. The Morgan fingerprint density at radius 2 is 1.88 bits per heavy atom. The Hall–Kier alpha value is -0.210. The molecule has 3 N–H and O–H groups in total. The molecule has 1 fully saturated rings. The fraction of sp³-hybridized carbons (Fsp3) is 1.00. The topological polar surface area (TPSA) is 86.9 Å². The van der Waals surface area contributed by atoms with E-state index in [-0.39, 0.29) is 12.3 Å². The molecule has 0 aromatic rings. The van der Waals surface area contributed by atoms with Crippen molar-refractivity contribution in [3.63, 3.8) is 0 Å². The van der Waals surface area contributed by atoms with E-state index in [9.17, 15) is 13.5 Å². The van der Waals surface area contributed by atoms with Gasteiger partial charge in [-0.05, 0) is 6.42 Å². The van der Waals surface area contributed by atoms with Crippen molar-refractivity contribution in [3.05, 3.63) is 0 Å². The minimum atomic E-state index is -3.07. The van der Waals surface area contributed by atoms with E-state index in [1.165, 1.54) is 0 Å². The lowest BCUT2D eigenvalue weighted by Gasteiger charge is -2.34. The highest BCUT2D eigenvalue weighted by molar-refractivity contribution is 7.89. The molecular formula is C10H23N3O3S. The van der Waals surface area contributed by atoms with Crippen LogP contribution in [0.2, 0.25) is 0 Å². The molecule has 1 unspecified atom stereocenters. The summed E-state index contributed by atoms with van der Waals surface area (Å²) in [6, 6.07) is 0. The first-order valence-corrected chi connectivity index (χ1v) is 7.68. The minimum absolute atomic E-state index is 0.221. The molecule has 6 nitrogen and oxygen atoms in total. The van der Waals surface area contributed by atoms with E-state index in [4.69, 9.17) is 5.73 Å². The summed E-state index contributed by atoms with van der Waals surface area (Å²) in [5.74, 6) is 0.221. The van der Waals surface area contributed by atoms with Crippen molar-refractivity contribution in [2.75, 3.05) is 45.0 Å². The van der Waals surface area contributed by atoms with Crippen LogP contribution in [0.5, 0.6) is 0 Å². The molecule has 0 amide bonds. The largest absolute Gasteiger partial charge is 0.390 e. The molecule has 0 bridgehead atoms. The van der Waals surface area contributed by atoms with Gasteiger partial charge in [0.1, 0.15) is 0 Å². The summed E-state index contributed by atoms with van der Waals surface area (Å²) in [5, 5.41) is 9.42. The SMILES string of the molecule is CCCS(=O)(=O)N1CCN(CC(O)CN)CC1. The number of sulfonamides is 1. The van der Waals surface area contributed by atoms with Crippen LogP contribution in [0, 0.1) is 0 Å². The fourth-order valence-corrected chi connectivity index (χ4v) is 3.44. The van der Waals surface area contributed by atoms with Crippen molar-refractivity contribution >= 4 is 10.0 Å². The van der Waals surface area contributed by atoms with Gasteiger partial charge in [0.2, 0.25) is 10.0 Å². The van der Waals surface area contributed by atoms with E-state index >= 15 is 0 Å². The van der Waals surface area contributed by atoms with Gasteiger partial charge in [-0.1, -0.05) is 6.92 Å². The van der Waals surface area contributed by atoms with Crippen molar-refractivity contribution < 1.29 is 13.5 Å². The van der Waals surface area contributed by atoms with Gasteiger partial charge in [-0.15, -0.1) is 0 Å². The monoisotopic (exact) mass is 265 g/mol. The summed E-state index contributed by atoms with van der Waals surface area (Å²) in [7, 11) is -3.07. The highest BCUT2D eigenvalue weighted by atomic mass is 32.2. The smallest absolute Gasteiger partial charge is 0.214 e. The first-order chi connectivity index (χ1) is 7.99. The molecule has 1 rings (SSSR count). The van der Waals surface area contributed by atoms with Gasteiger partial charge in [0, 0.05) is 39.3 Å². The average Bonchev–Trinajstić information content (AvgIpc) is 2.29. The Bertz CT molecular complexity index is 313. The number of hydrogen-bond acceptors (Lipinski definition) is 5. The molecule has 0 aliphatic carbocycles. The van der Waals surface area contributed by atoms with Gasteiger partial charge in [0.15, 0.2) is 0 Å². The van der Waals surface area contributed by atoms with Gasteiger partial charge in [0.25, 0.3) is 0 Å². The molecule has 0 saturated carbocycles. The van der Waals surface area contributed by atoms with Gasteiger partial charge in [0.05, 0.1) is 11.9 Å². The number of hydrogen-bond donors (Lipinski definition) is 2. The van der Waals surface area contributed by atoms with Crippen LogP contribution in [0.1, 0.15) is 13.3 Å². The van der Waals surface area contributed by atoms with Gasteiger partial charge >= 0.3 is 0 Å². The number of nitrogens with two attached hydrogens (primary N) is 1. The highest BCUT2D eigenvalue weighted by Crippen LogP contribution is 2.09. The zero-order valence-corrected chi connectivity index (χ0v) is 11.2. The van der Waals surface area contributed by atoms with Crippen LogP contribution in [0.3, 0.4) is 0 Å². The predicted molar refractivity (Wildman–Crippen MR) is 67.2 cm³/mol. The molecule has 0 spiro atoms. The van der Waals surface area contributed by atoms with Crippen molar-refractivity contribution in [2.24, 2.45) is 5.73 Å². The molecule has 1 saturated heterocycles. The lowest BCUT2D eigenvalue weighted by molar-refractivity contribution is 0.0969. The number of aliphatic hydroxyl groups excluding tert-OH is 1. The van der Waals surface area contributed by atoms with Crippen LogP contribution in [-0.4, -0.2) is 73.9 Å². The molecule has 1 aliphatic heterocycles. The highest BCUT2D eigenvalue weighted by Gasteiger charge is 2.26. The second-order valence-corrected chi connectivity index (χ2v) is 6.49. The Balaban J connectivity index is 2.40. The van der Waals surface area contributed by atoms with Gasteiger partial charge < -0.3 is 10.8 Å². The predicted octanol–water partition coefficient (Wildman–Crippen LogP) is -1.34. The van der Waals surface area contributed by atoms with E-state index in [1.54, 1.807) is 4.31 Å². The molecule has 1 heterocycles. The zero-order valence-electron chi connectivity index (χ0n) is 10.4. The first-order valence-electron chi connectivity index (χ1n) is 6.08. The maximum Gasteiger partial charge on any atom is 0.214 e. The van der Waals surface area contributed by atoms with Crippen LogP contribution >= 0.6 is 0 Å². The summed E-state index contributed by atoms with van der Waals surface area (Å²) in [5.41, 5.74) is 5.34. The molecule has 0 radical (unpaired) electrons. The molecule has 0 aromatic carbocycles. The normalized spacial score (nSPS) is 21.6. The summed E-state index contributed by atoms with van der Waals surface area (Å²) in [4.78, 5) is 2.05. The summed E-state index contributed by atoms with van der Waals surface area (Å²) in [6.07, 6.45) is 0.128. The van der Waals surface area contributed by atoms with Crippen molar-refractivity contribution in [3.8, 4) is 0 Å². The molecule has 1 aliphatic rings. The van der Waals surface area contributed by atoms with E-state index in [2.05, 4.69) is 4.90 Å². The number of β-amino-alcohol motifs (C(OH)–C–C–N with tert-alkyl or cyclic N) is 1. The minimum Gasteiger partial charge on any atom is -0.390 e. The van der Waals surface area contributed by atoms with Crippen molar-refractivity contribution in [2.45, 2.75) is 19.4 Å². The quantitative estimate of drug-likeness (QED) is 0.621. The van der Waals surface area contributed by atoms with Crippen LogP contribution in [0.4, 0.5) is 0 Å². The Morgan fingerprint density at radius 1 is 1.29 bits per heavy atom. The molecule has 0 aromatic heterocycles. The first kappa shape index (κ1) is 14.8. The molecule has 1 atom stereocenters. The van der Waals surface area contributed by atoms with E-state index in [0.29, 0.717) is 39.1 Å². The van der Waals surface area contributed by atoms with Gasteiger partial charge in [-0.2, -0.15) is 4.31 Å². The average molecular weight is 265 g/mol. The third-order valence-corrected chi connectivity index (χ3v) is 5.00. The number of nitrogens with zero attached hydrogens (tertiary/aromatic N) is 2. The van der Waals surface area contributed by atoms with Crippen molar-refractivity contribution in [1.82, 2.24) is 9.21 Å². The number of piperazine rings is 1. The Labute approximate surface area is 103 Å². The lowest BCUT2D eigenvalue weighted by Crippen LogP contribution is -2.51. The zero-order chi connectivity index (χ0) is 12.9. The standard InChI is InChI=1S/C10H23N3O3S/c1-2-7-17(15,16)13-5-3-12(4-6-13)9-10(14)8-11/h10,14H,2-9,11H2,1H3. The number of aliphatic hydroxyl groups is 1. The third-order valence-electron chi connectivity index (χ3n) is 2.93. The summed E-state index contributed by atoms with van der Waals surface area (Å²) < 4.78 is 25.2. The second-order valence-electron chi connectivity index (χ2n) is 4.41. The van der Waals surface area contributed by atoms with Crippen LogP contribution < -0.4 is 5.73 Å². The third kappa shape index (κ3) is 4.51. The van der Waals surface area contributed by atoms with E-state index in [1.807, 2.05) is 6.92 Å². The summed E-state index contributed by atoms with van der Waals surface area (Å²) in [6.45, 7) is 5.00. The fourth-order valence-electron chi connectivity index (χ4n) is 1.95. The van der Waals surface area contributed by atoms with E-state index < -0.39 is 16.1 Å². The van der Waals surface area contributed by atoms with Gasteiger partial charge in [-0.3, -0.25) is 4.90 Å². The van der Waals surface area contributed by atoms with Crippen LogP contribution in [-0.2, 0) is 10.0 Å². The van der Waals surface area contributed by atoms with Crippen LogP contribution in [0.25, 0.3) is 0 Å². The van der Waals surface area contributed by atoms with Crippen molar-refractivity contribution in [1.29, 1.82) is 0 Å². The lowest BCUT2D eigenvalue weighted by atomic mass is 10.3.